The molecular weight excluding hydrogens is 274 g/mol. The van der Waals surface area contributed by atoms with Crippen LogP contribution in [0.25, 0.3) is 10.9 Å². The van der Waals surface area contributed by atoms with Crippen molar-refractivity contribution in [3.8, 4) is 0 Å². The molecule has 0 saturated carbocycles. The summed E-state index contributed by atoms with van der Waals surface area (Å²) in [7, 11) is 4.21. The van der Waals surface area contributed by atoms with Gasteiger partial charge in [0.15, 0.2) is 0 Å². The molecule has 0 amide bonds. The molecule has 1 aromatic heterocycles. The lowest BCUT2D eigenvalue weighted by Crippen LogP contribution is -2.18. The van der Waals surface area contributed by atoms with Gasteiger partial charge in [-0.05, 0) is 47.0 Å². The number of nitrogens with zero attached hydrogens (tertiary/aromatic N) is 2. The fraction of sp³-hybridized carbons (Fsp3) is 0.500. The third kappa shape index (κ3) is 2.81. The molecule has 1 aromatic carbocycles. The molecule has 0 saturated heterocycles. The summed E-state index contributed by atoms with van der Waals surface area (Å²) >= 11 is 0. The maximum Gasteiger partial charge on any atom is 0.105 e. The predicted octanol–water partition coefficient (Wildman–Crippen LogP) is 3.36. The van der Waals surface area contributed by atoms with Gasteiger partial charge in [0.1, 0.15) is 5.60 Å². The highest BCUT2D eigenvalue weighted by molar-refractivity contribution is 5.93. The van der Waals surface area contributed by atoms with Crippen molar-refractivity contribution in [2.75, 3.05) is 32.5 Å². The van der Waals surface area contributed by atoms with Crippen molar-refractivity contribution in [3.05, 3.63) is 35.5 Å². The second kappa shape index (κ2) is 5.86. The molecule has 1 aliphatic rings. The molecule has 0 fully saturated rings. The first-order valence-corrected chi connectivity index (χ1v) is 7.94. The molecule has 2 heterocycles. The molecule has 4 nitrogen and oxygen atoms in total. The lowest BCUT2D eigenvalue weighted by Gasteiger charge is -2.19. The number of hydrogen-bond donors (Lipinski definition) is 1. The number of fused-ring (bicyclic) bond motifs is 2. The van der Waals surface area contributed by atoms with Gasteiger partial charge < -0.3 is 15.0 Å². The Kier molecular flexibility index (Phi) is 4.06. The second-order valence-corrected chi connectivity index (χ2v) is 6.71. The Morgan fingerprint density at radius 2 is 2.05 bits per heavy atom. The van der Waals surface area contributed by atoms with E-state index in [-0.39, 0.29) is 5.60 Å². The van der Waals surface area contributed by atoms with E-state index in [1.54, 1.807) is 0 Å². The largest absolute Gasteiger partial charge is 0.384 e. The highest BCUT2D eigenvalue weighted by atomic mass is 16.5. The summed E-state index contributed by atoms with van der Waals surface area (Å²) in [5.41, 5.74) is 4.22. The number of ether oxygens (including phenoxy) is 1. The van der Waals surface area contributed by atoms with E-state index in [9.17, 15) is 0 Å². The van der Waals surface area contributed by atoms with E-state index in [0.29, 0.717) is 6.61 Å². The summed E-state index contributed by atoms with van der Waals surface area (Å²) in [6, 6.07) is 8.33. The summed E-state index contributed by atoms with van der Waals surface area (Å²) in [6.45, 7) is 6.86. The van der Waals surface area contributed by atoms with Gasteiger partial charge in [0, 0.05) is 17.5 Å². The Balaban J connectivity index is 1.97. The molecule has 0 aliphatic carbocycles. The van der Waals surface area contributed by atoms with Crippen LogP contribution in [0.15, 0.2) is 24.3 Å². The summed E-state index contributed by atoms with van der Waals surface area (Å²) in [6.07, 6.45) is 1.11. The molecule has 1 aliphatic heterocycles. The molecule has 3 rings (SSSR count). The van der Waals surface area contributed by atoms with Crippen LogP contribution in [0.1, 0.15) is 31.5 Å². The number of rotatable bonds is 5. The zero-order valence-corrected chi connectivity index (χ0v) is 13.9. The zero-order valence-electron chi connectivity index (χ0n) is 13.9. The number of para-hydroxylation sites is 1. The van der Waals surface area contributed by atoms with Crippen molar-refractivity contribution in [1.82, 2.24) is 9.88 Å². The smallest absolute Gasteiger partial charge is 0.105 e. The Morgan fingerprint density at radius 1 is 1.27 bits per heavy atom. The van der Waals surface area contributed by atoms with Crippen molar-refractivity contribution in [3.63, 3.8) is 0 Å². The number of benzene rings is 1. The summed E-state index contributed by atoms with van der Waals surface area (Å²) < 4.78 is 5.96. The van der Waals surface area contributed by atoms with Gasteiger partial charge in [-0.3, -0.25) is 0 Å². The van der Waals surface area contributed by atoms with Crippen LogP contribution < -0.4 is 5.32 Å². The fourth-order valence-corrected chi connectivity index (χ4v) is 3.02. The number of aromatic nitrogens is 1. The van der Waals surface area contributed by atoms with Gasteiger partial charge in [-0.25, -0.2) is 4.98 Å². The molecule has 0 radical (unpaired) electrons. The number of hydrogen-bond acceptors (Lipinski definition) is 4. The van der Waals surface area contributed by atoms with E-state index in [1.165, 1.54) is 16.6 Å². The zero-order chi connectivity index (χ0) is 15.7. The van der Waals surface area contributed by atoms with Crippen LogP contribution in [0, 0.1) is 0 Å². The fourth-order valence-electron chi connectivity index (χ4n) is 3.02. The predicted molar refractivity (Wildman–Crippen MR) is 91.2 cm³/mol. The van der Waals surface area contributed by atoms with Crippen LogP contribution in [-0.4, -0.2) is 37.1 Å². The molecule has 22 heavy (non-hydrogen) atoms. The van der Waals surface area contributed by atoms with Crippen molar-refractivity contribution in [1.29, 1.82) is 0 Å². The molecule has 0 atom stereocenters. The monoisotopic (exact) mass is 299 g/mol. The summed E-state index contributed by atoms with van der Waals surface area (Å²) in [5.74, 6) is 0. The van der Waals surface area contributed by atoms with Gasteiger partial charge in [0.25, 0.3) is 0 Å². The van der Waals surface area contributed by atoms with Gasteiger partial charge in [-0.15, -0.1) is 0 Å². The van der Waals surface area contributed by atoms with E-state index in [2.05, 4.69) is 56.4 Å². The minimum atomic E-state index is -0.306. The SMILES string of the molecule is CN(C)CCCNc1c2c(nc3ccccc13)C(C)(C)OC2. The standard InChI is InChI=1S/C18H25N3O/c1-18(2)17-14(12-22-18)16(19-10-7-11-21(3)4)13-8-5-6-9-15(13)20-17/h5-6,8-9H,7,10-12H2,1-4H3,(H,19,20). The molecule has 118 valence electrons. The number of anilines is 1. The van der Waals surface area contributed by atoms with Crippen LogP contribution in [-0.2, 0) is 16.9 Å². The van der Waals surface area contributed by atoms with E-state index in [4.69, 9.17) is 9.72 Å². The Labute approximate surface area is 132 Å². The highest BCUT2D eigenvalue weighted by Crippen LogP contribution is 2.41. The third-order valence-corrected chi connectivity index (χ3v) is 4.22. The number of nitrogens with one attached hydrogen (secondary N) is 1. The van der Waals surface area contributed by atoms with E-state index in [0.717, 1.165) is 30.7 Å². The molecule has 4 heteroatoms. The minimum absolute atomic E-state index is 0.306. The lowest BCUT2D eigenvalue weighted by molar-refractivity contribution is -0.00989. The lowest BCUT2D eigenvalue weighted by atomic mass is 9.99. The first-order valence-electron chi connectivity index (χ1n) is 7.94. The van der Waals surface area contributed by atoms with Gasteiger partial charge in [0.2, 0.25) is 0 Å². The van der Waals surface area contributed by atoms with Crippen molar-refractivity contribution in [2.24, 2.45) is 0 Å². The van der Waals surface area contributed by atoms with Crippen LogP contribution in [0.5, 0.6) is 0 Å². The summed E-state index contributed by atoms with van der Waals surface area (Å²) in [5, 5.41) is 4.82. The van der Waals surface area contributed by atoms with Crippen LogP contribution in [0.4, 0.5) is 5.69 Å². The maximum atomic E-state index is 5.96. The first-order chi connectivity index (χ1) is 10.5. The van der Waals surface area contributed by atoms with Crippen LogP contribution >= 0.6 is 0 Å². The van der Waals surface area contributed by atoms with Crippen LogP contribution in [0.3, 0.4) is 0 Å². The van der Waals surface area contributed by atoms with Gasteiger partial charge in [0.05, 0.1) is 23.5 Å². The van der Waals surface area contributed by atoms with Gasteiger partial charge in [-0.2, -0.15) is 0 Å². The van der Waals surface area contributed by atoms with Gasteiger partial charge >= 0.3 is 0 Å². The van der Waals surface area contributed by atoms with Crippen LogP contribution in [0.2, 0.25) is 0 Å². The molecule has 0 unspecified atom stereocenters. The molecule has 0 bridgehead atoms. The average Bonchev–Trinajstić information content (AvgIpc) is 2.78. The first kappa shape index (κ1) is 15.3. The summed E-state index contributed by atoms with van der Waals surface area (Å²) in [4.78, 5) is 7.06. The highest BCUT2D eigenvalue weighted by Gasteiger charge is 2.35. The Bertz CT molecular complexity index is 679. The van der Waals surface area contributed by atoms with E-state index < -0.39 is 0 Å². The molecular formula is C18H25N3O. The second-order valence-electron chi connectivity index (χ2n) is 6.71. The van der Waals surface area contributed by atoms with Gasteiger partial charge in [-0.1, -0.05) is 18.2 Å². The number of pyridine rings is 1. The maximum absolute atomic E-state index is 5.96. The minimum Gasteiger partial charge on any atom is -0.384 e. The topological polar surface area (TPSA) is 37.4 Å². The molecule has 0 spiro atoms. The van der Waals surface area contributed by atoms with E-state index >= 15 is 0 Å². The Morgan fingerprint density at radius 3 is 2.82 bits per heavy atom. The van der Waals surface area contributed by atoms with Crippen molar-refractivity contribution in [2.45, 2.75) is 32.5 Å². The third-order valence-electron chi connectivity index (χ3n) is 4.22. The average molecular weight is 299 g/mol. The van der Waals surface area contributed by atoms with E-state index in [1.807, 2.05) is 6.07 Å². The van der Waals surface area contributed by atoms with Crippen molar-refractivity contribution >= 4 is 16.6 Å². The molecule has 2 aromatic rings. The molecule has 1 N–H and O–H groups in total. The Hall–Kier alpha value is -1.65. The normalized spacial score (nSPS) is 16.2. The quantitative estimate of drug-likeness (QED) is 0.859. The van der Waals surface area contributed by atoms with Crippen molar-refractivity contribution < 1.29 is 4.74 Å².